The van der Waals surface area contributed by atoms with E-state index in [9.17, 15) is 17.6 Å². The normalized spacial score (nSPS) is 11.6. The molecule has 0 aromatic heterocycles. The highest BCUT2D eigenvalue weighted by atomic mass is 19.4. The maximum atomic E-state index is 13.5. The van der Waals surface area contributed by atoms with E-state index in [2.05, 4.69) is 0 Å². The second-order valence-corrected chi connectivity index (χ2v) is 4.28. The second kappa shape index (κ2) is 4.57. The van der Waals surface area contributed by atoms with E-state index in [1.54, 1.807) is 18.2 Å². The van der Waals surface area contributed by atoms with Gasteiger partial charge in [0.05, 0.1) is 5.56 Å². The molecule has 0 saturated heterocycles. The van der Waals surface area contributed by atoms with Crippen molar-refractivity contribution < 1.29 is 17.6 Å². The molecule has 0 aliphatic rings. The van der Waals surface area contributed by atoms with Crippen LogP contribution in [0.3, 0.4) is 0 Å². The van der Waals surface area contributed by atoms with Crippen molar-refractivity contribution in [2.75, 3.05) is 5.73 Å². The largest absolute Gasteiger partial charge is 0.419 e. The number of hydrogen-bond acceptors (Lipinski definition) is 1. The summed E-state index contributed by atoms with van der Waals surface area (Å²) in [5.74, 6) is -1.30. The summed E-state index contributed by atoms with van der Waals surface area (Å²) in [6.45, 7) is 1.84. The lowest BCUT2D eigenvalue weighted by molar-refractivity contribution is -0.139. The minimum absolute atomic E-state index is 0.322. The fraction of sp³-hybridized carbons (Fsp3) is 0.143. The molecule has 0 atom stereocenters. The average molecular weight is 269 g/mol. The third-order valence-electron chi connectivity index (χ3n) is 2.79. The molecule has 0 amide bonds. The van der Waals surface area contributed by atoms with Crippen molar-refractivity contribution in [3.8, 4) is 11.1 Å². The summed E-state index contributed by atoms with van der Waals surface area (Å²) in [6, 6.07) is 7.90. The molecule has 100 valence electrons. The number of nitrogen functional groups attached to an aromatic ring is 1. The molecule has 0 aliphatic heterocycles. The first-order valence-corrected chi connectivity index (χ1v) is 5.52. The second-order valence-electron chi connectivity index (χ2n) is 4.28. The Balaban J connectivity index is 2.51. The molecule has 0 unspecified atom stereocenters. The smallest absolute Gasteiger partial charge is 0.398 e. The highest BCUT2D eigenvalue weighted by molar-refractivity contribution is 5.76. The third-order valence-corrected chi connectivity index (χ3v) is 2.79. The fourth-order valence-corrected chi connectivity index (χ4v) is 1.86. The number of anilines is 1. The van der Waals surface area contributed by atoms with E-state index >= 15 is 0 Å². The van der Waals surface area contributed by atoms with Gasteiger partial charge in [-0.3, -0.25) is 0 Å². The van der Waals surface area contributed by atoms with Gasteiger partial charge in [0.15, 0.2) is 0 Å². The molecule has 0 heterocycles. The van der Waals surface area contributed by atoms with Crippen LogP contribution in [-0.2, 0) is 6.18 Å². The van der Waals surface area contributed by atoms with Gasteiger partial charge in [-0.25, -0.2) is 4.39 Å². The highest BCUT2D eigenvalue weighted by Crippen LogP contribution is 2.34. The maximum absolute atomic E-state index is 13.5. The molecule has 2 aromatic carbocycles. The van der Waals surface area contributed by atoms with Crippen LogP contribution in [0.1, 0.15) is 11.1 Å². The molecule has 0 aliphatic carbocycles. The molecule has 0 saturated carbocycles. The van der Waals surface area contributed by atoms with E-state index in [4.69, 9.17) is 5.73 Å². The van der Waals surface area contributed by atoms with E-state index < -0.39 is 17.6 Å². The van der Waals surface area contributed by atoms with Gasteiger partial charge in [-0.15, -0.1) is 0 Å². The molecule has 0 bridgehead atoms. The summed E-state index contributed by atoms with van der Waals surface area (Å²) >= 11 is 0. The molecule has 0 spiro atoms. The lowest BCUT2D eigenvalue weighted by atomic mass is 10.0. The van der Waals surface area contributed by atoms with Crippen LogP contribution in [0.2, 0.25) is 0 Å². The molecule has 19 heavy (non-hydrogen) atoms. The van der Waals surface area contributed by atoms with Gasteiger partial charge in [-0.05, 0) is 36.2 Å². The lowest BCUT2D eigenvalue weighted by Crippen LogP contribution is -2.08. The van der Waals surface area contributed by atoms with Crippen LogP contribution >= 0.6 is 0 Å². The summed E-state index contributed by atoms with van der Waals surface area (Å²) < 4.78 is 50.8. The minimum atomic E-state index is -4.69. The van der Waals surface area contributed by atoms with Crippen LogP contribution in [0.15, 0.2) is 36.4 Å². The number of halogens is 4. The van der Waals surface area contributed by atoms with Gasteiger partial charge >= 0.3 is 6.18 Å². The van der Waals surface area contributed by atoms with E-state index in [0.29, 0.717) is 16.8 Å². The molecular formula is C14H11F4N. The Bertz CT molecular complexity index is 617. The summed E-state index contributed by atoms with van der Waals surface area (Å²) in [5.41, 5.74) is 6.67. The standard InChI is InChI=1S/C14H11F4N/c1-8-2-4-10(13(19)6-8)9-3-5-11(12(15)7-9)14(16,17)18/h2-7H,19H2,1H3. The van der Waals surface area contributed by atoms with E-state index in [0.717, 1.165) is 17.7 Å². The average Bonchev–Trinajstić information content (AvgIpc) is 2.26. The number of hydrogen-bond donors (Lipinski definition) is 1. The van der Waals surface area contributed by atoms with Gasteiger partial charge in [0.1, 0.15) is 5.82 Å². The monoisotopic (exact) mass is 269 g/mol. The first kappa shape index (κ1) is 13.4. The Morgan fingerprint density at radius 3 is 2.21 bits per heavy atom. The maximum Gasteiger partial charge on any atom is 0.419 e. The first-order valence-electron chi connectivity index (χ1n) is 5.52. The van der Waals surface area contributed by atoms with Gasteiger partial charge in [-0.1, -0.05) is 18.2 Å². The van der Waals surface area contributed by atoms with Crippen molar-refractivity contribution in [1.82, 2.24) is 0 Å². The number of nitrogens with two attached hydrogens (primary N) is 1. The summed E-state index contributed by atoms with van der Waals surface area (Å²) in [5, 5.41) is 0. The van der Waals surface area contributed by atoms with Crippen molar-refractivity contribution >= 4 is 5.69 Å². The number of rotatable bonds is 1. The topological polar surface area (TPSA) is 26.0 Å². The van der Waals surface area contributed by atoms with Gasteiger partial charge in [0.2, 0.25) is 0 Å². The fourth-order valence-electron chi connectivity index (χ4n) is 1.86. The molecule has 2 N–H and O–H groups in total. The van der Waals surface area contributed by atoms with Crippen LogP contribution in [-0.4, -0.2) is 0 Å². The molecular weight excluding hydrogens is 258 g/mol. The number of alkyl halides is 3. The van der Waals surface area contributed by atoms with Crippen molar-refractivity contribution in [2.24, 2.45) is 0 Å². The van der Waals surface area contributed by atoms with Gasteiger partial charge in [-0.2, -0.15) is 13.2 Å². The Morgan fingerprint density at radius 2 is 1.68 bits per heavy atom. The SMILES string of the molecule is Cc1ccc(-c2ccc(C(F)(F)F)c(F)c2)c(N)c1. The Hall–Kier alpha value is -2.04. The van der Waals surface area contributed by atoms with Gasteiger partial charge in [0, 0.05) is 11.3 Å². The highest BCUT2D eigenvalue weighted by Gasteiger charge is 2.33. The summed E-state index contributed by atoms with van der Waals surface area (Å²) in [6.07, 6.45) is -4.69. The molecule has 2 rings (SSSR count). The summed E-state index contributed by atoms with van der Waals surface area (Å²) in [4.78, 5) is 0. The van der Waals surface area contributed by atoms with Gasteiger partial charge in [0.25, 0.3) is 0 Å². The molecule has 1 nitrogen and oxygen atoms in total. The van der Waals surface area contributed by atoms with E-state index in [-0.39, 0.29) is 0 Å². The molecule has 2 aromatic rings. The van der Waals surface area contributed by atoms with Crippen LogP contribution in [0, 0.1) is 12.7 Å². The quantitative estimate of drug-likeness (QED) is 0.602. The van der Waals surface area contributed by atoms with Crippen molar-refractivity contribution in [3.63, 3.8) is 0 Å². The van der Waals surface area contributed by atoms with Crippen LogP contribution in [0.5, 0.6) is 0 Å². The minimum Gasteiger partial charge on any atom is -0.398 e. The third kappa shape index (κ3) is 2.70. The Labute approximate surface area is 107 Å². The van der Waals surface area contributed by atoms with Crippen LogP contribution < -0.4 is 5.73 Å². The van der Waals surface area contributed by atoms with Crippen LogP contribution in [0.4, 0.5) is 23.2 Å². The van der Waals surface area contributed by atoms with E-state index in [1.807, 2.05) is 6.92 Å². The zero-order valence-corrected chi connectivity index (χ0v) is 10.1. The number of aryl methyl sites for hydroxylation is 1. The van der Waals surface area contributed by atoms with Crippen molar-refractivity contribution in [1.29, 1.82) is 0 Å². The van der Waals surface area contributed by atoms with Crippen molar-refractivity contribution in [3.05, 3.63) is 53.3 Å². The Kier molecular flexibility index (Phi) is 3.22. The predicted octanol–water partition coefficient (Wildman–Crippen LogP) is 4.40. The Morgan fingerprint density at radius 1 is 1.00 bits per heavy atom. The summed E-state index contributed by atoms with van der Waals surface area (Å²) in [7, 11) is 0. The zero-order valence-electron chi connectivity index (χ0n) is 10.1. The number of benzene rings is 2. The molecule has 0 fully saturated rings. The van der Waals surface area contributed by atoms with Crippen molar-refractivity contribution in [2.45, 2.75) is 13.1 Å². The zero-order chi connectivity index (χ0) is 14.2. The van der Waals surface area contributed by atoms with Gasteiger partial charge < -0.3 is 5.73 Å². The molecule has 5 heteroatoms. The van der Waals surface area contributed by atoms with E-state index in [1.165, 1.54) is 6.07 Å². The van der Waals surface area contributed by atoms with Crippen LogP contribution in [0.25, 0.3) is 11.1 Å². The lowest BCUT2D eigenvalue weighted by Gasteiger charge is -2.11. The predicted molar refractivity (Wildman–Crippen MR) is 66.0 cm³/mol. The first-order chi connectivity index (χ1) is 8.79. The molecule has 0 radical (unpaired) electrons.